The second-order valence-corrected chi connectivity index (χ2v) is 8.07. The zero-order chi connectivity index (χ0) is 18.3. The van der Waals surface area contributed by atoms with E-state index in [1.54, 1.807) is 0 Å². The molecule has 1 N–H and O–H groups in total. The van der Waals surface area contributed by atoms with Crippen LogP contribution in [0.25, 0.3) is 0 Å². The molecule has 7 heteroatoms. The van der Waals surface area contributed by atoms with E-state index in [2.05, 4.69) is 35.0 Å². The van der Waals surface area contributed by atoms with E-state index in [4.69, 9.17) is 9.84 Å². The number of likely N-dealkylation sites (tertiary alicyclic amines) is 1. The zero-order valence-corrected chi connectivity index (χ0v) is 16.1. The summed E-state index contributed by atoms with van der Waals surface area (Å²) in [7, 11) is 2.00. The van der Waals surface area contributed by atoms with E-state index in [0.29, 0.717) is 24.5 Å². The van der Waals surface area contributed by atoms with Crippen LogP contribution in [-0.4, -0.2) is 70.0 Å². The fraction of sp³-hybridized carbons (Fsp3) is 0.789. The van der Waals surface area contributed by atoms with Gasteiger partial charge in [0.05, 0.1) is 31.1 Å². The molecule has 7 nitrogen and oxygen atoms in total. The number of hydrogen-bond acceptors (Lipinski definition) is 5. The highest BCUT2D eigenvalue weighted by Crippen LogP contribution is 2.35. The maximum Gasteiger partial charge on any atom is 0.222 e. The van der Waals surface area contributed by atoms with E-state index in [-0.39, 0.29) is 12.1 Å². The van der Waals surface area contributed by atoms with Gasteiger partial charge >= 0.3 is 0 Å². The SMILES string of the molecule is Cc1cc(C2CCCN2C2CC(N3CCOC[C@H]3C)CC(=O)N2)nn1C. The van der Waals surface area contributed by atoms with Crippen molar-refractivity contribution in [2.75, 3.05) is 26.3 Å². The van der Waals surface area contributed by atoms with E-state index >= 15 is 0 Å². The Hall–Kier alpha value is -1.44. The van der Waals surface area contributed by atoms with Gasteiger partial charge in [0.1, 0.15) is 0 Å². The molecule has 0 radical (unpaired) electrons. The highest BCUT2D eigenvalue weighted by atomic mass is 16.5. The number of nitrogens with one attached hydrogen (secondary N) is 1. The first kappa shape index (κ1) is 17.9. The van der Waals surface area contributed by atoms with Crippen LogP contribution in [0.4, 0.5) is 0 Å². The fourth-order valence-corrected chi connectivity index (χ4v) is 4.84. The average molecular weight is 361 g/mol. The normalized spacial score (nSPS) is 34.2. The molecule has 4 atom stereocenters. The summed E-state index contributed by atoms with van der Waals surface area (Å²) in [4.78, 5) is 17.4. The Morgan fingerprint density at radius 1 is 1.31 bits per heavy atom. The third-order valence-electron chi connectivity index (χ3n) is 6.30. The third-order valence-corrected chi connectivity index (χ3v) is 6.30. The van der Waals surface area contributed by atoms with Gasteiger partial charge in [0, 0.05) is 44.3 Å². The van der Waals surface area contributed by atoms with Crippen molar-refractivity contribution in [3.63, 3.8) is 0 Å². The first-order valence-electron chi connectivity index (χ1n) is 9.92. The minimum atomic E-state index is 0.103. The molecule has 0 bridgehead atoms. The Labute approximate surface area is 155 Å². The Kier molecular flexibility index (Phi) is 5.03. The lowest BCUT2D eigenvalue weighted by Crippen LogP contribution is -2.59. The van der Waals surface area contributed by atoms with E-state index in [0.717, 1.165) is 51.3 Å². The number of ether oxygens (including phenoxy) is 1. The zero-order valence-electron chi connectivity index (χ0n) is 16.1. The number of carbonyl (C=O) groups is 1. The lowest BCUT2D eigenvalue weighted by Gasteiger charge is -2.45. The van der Waals surface area contributed by atoms with Crippen LogP contribution in [0.5, 0.6) is 0 Å². The predicted octanol–water partition coefficient (Wildman–Crippen LogP) is 1.19. The molecule has 1 amide bonds. The van der Waals surface area contributed by atoms with Crippen molar-refractivity contribution in [3.05, 3.63) is 17.5 Å². The molecule has 1 aromatic rings. The summed E-state index contributed by atoms with van der Waals surface area (Å²) in [6.07, 6.45) is 3.96. The number of amides is 1. The Balaban J connectivity index is 1.51. The number of aromatic nitrogens is 2. The lowest BCUT2D eigenvalue weighted by molar-refractivity contribution is -0.130. The van der Waals surface area contributed by atoms with Gasteiger partial charge in [-0.2, -0.15) is 5.10 Å². The van der Waals surface area contributed by atoms with Crippen LogP contribution in [0.2, 0.25) is 0 Å². The minimum Gasteiger partial charge on any atom is -0.379 e. The van der Waals surface area contributed by atoms with E-state index < -0.39 is 0 Å². The minimum absolute atomic E-state index is 0.103. The standard InChI is InChI=1S/C19H31N5O2/c1-13-9-16(21-22(13)3)17-5-4-6-24(17)18-10-15(11-19(25)20-18)23-7-8-26-12-14(23)2/h9,14-15,17-18H,4-8,10-12H2,1-3H3,(H,20,25)/t14-,15?,17?,18?/m1/s1. The number of rotatable bonds is 3. The van der Waals surface area contributed by atoms with Crippen LogP contribution in [0, 0.1) is 6.92 Å². The van der Waals surface area contributed by atoms with Crippen LogP contribution >= 0.6 is 0 Å². The number of nitrogens with zero attached hydrogens (tertiary/aromatic N) is 4. The van der Waals surface area contributed by atoms with Crippen molar-refractivity contribution in [1.29, 1.82) is 0 Å². The summed E-state index contributed by atoms with van der Waals surface area (Å²) in [6.45, 7) is 7.78. The van der Waals surface area contributed by atoms with Gasteiger partial charge in [0.15, 0.2) is 0 Å². The van der Waals surface area contributed by atoms with Crippen LogP contribution in [0.1, 0.15) is 50.0 Å². The Bertz CT molecular complexity index is 641. The molecule has 3 unspecified atom stereocenters. The summed E-state index contributed by atoms with van der Waals surface area (Å²) in [6, 6.07) is 3.18. The van der Waals surface area contributed by atoms with Crippen molar-refractivity contribution in [2.24, 2.45) is 7.05 Å². The van der Waals surface area contributed by atoms with Gasteiger partial charge in [-0.1, -0.05) is 0 Å². The number of carbonyl (C=O) groups excluding carboxylic acids is 1. The molecule has 4 heterocycles. The van der Waals surface area contributed by atoms with Crippen LogP contribution in [0.15, 0.2) is 6.07 Å². The van der Waals surface area contributed by atoms with Gasteiger partial charge in [0.25, 0.3) is 0 Å². The first-order valence-corrected chi connectivity index (χ1v) is 9.92. The second kappa shape index (κ2) is 7.29. The van der Waals surface area contributed by atoms with Gasteiger partial charge in [-0.25, -0.2) is 0 Å². The Morgan fingerprint density at radius 2 is 2.15 bits per heavy atom. The summed E-state index contributed by atoms with van der Waals surface area (Å²) in [5, 5.41) is 7.97. The largest absolute Gasteiger partial charge is 0.379 e. The molecule has 3 fully saturated rings. The van der Waals surface area contributed by atoms with Gasteiger partial charge in [-0.3, -0.25) is 19.3 Å². The van der Waals surface area contributed by atoms with Gasteiger partial charge in [0.2, 0.25) is 5.91 Å². The van der Waals surface area contributed by atoms with E-state index in [1.807, 2.05) is 11.7 Å². The molecule has 0 saturated carbocycles. The molecule has 3 aliphatic heterocycles. The lowest BCUT2D eigenvalue weighted by atomic mass is 9.98. The van der Waals surface area contributed by atoms with Crippen molar-refractivity contribution < 1.29 is 9.53 Å². The molecule has 3 saturated heterocycles. The number of hydrogen-bond donors (Lipinski definition) is 1. The van der Waals surface area contributed by atoms with Gasteiger partial charge < -0.3 is 10.1 Å². The fourth-order valence-electron chi connectivity index (χ4n) is 4.84. The van der Waals surface area contributed by atoms with E-state index in [1.165, 1.54) is 5.69 Å². The number of aryl methyl sites for hydroxylation is 2. The summed E-state index contributed by atoms with van der Waals surface area (Å²) >= 11 is 0. The quantitative estimate of drug-likeness (QED) is 0.876. The van der Waals surface area contributed by atoms with Crippen LogP contribution < -0.4 is 5.32 Å². The van der Waals surface area contributed by atoms with Crippen LogP contribution in [-0.2, 0) is 16.6 Å². The average Bonchev–Trinajstić information content (AvgIpc) is 3.22. The second-order valence-electron chi connectivity index (χ2n) is 8.07. The van der Waals surface area contributed by atoms with Crippen molar-refractivity contribution >= 4 is 5.91 Å². The highest BCUT2D eigenvalue weighted by Gasteiger charge is 2.40. The molecule has 1 aromatic heterocycles. The summed E-state index contributed by atoms with van der Waals surface area (Å²) in [5.41, 5.74) is 2.32. The maximum absolute atomic E-state index is 12.5. The van der Waals surface area contributed by atoms with Gasteiger partial charge in [-0.05, 0) is 39.2 Å². The maximum atomic E-state index is 12.5. The Morgan fingerprint density at radius 3 is 2.88 bits per heavy atom. The number of piperidine rings is 1. The van der Waals surface area contributed by atoms with Gasteiger partial charge in [-0.15, -0.1) is 0 Å². The van der Waals surface area contributed by atoms with Crippen molar-refractivity contribution in [1.82, 2.24) is 24.9 Å². The molecule has 4 rings (SSSR count). The van der Waals surface area contributed by atoms with E-state index in [9.17, 15) is 4.79 Å². The molecule has 0 aliphatic carbocycles. The van der Waals surface area contributed by atoms with Crippen molar-refractivity contribution in [3.8, 4) is 0 Å². The predicted molar refractivity (Wildman–Crippen MR) is 98.6 cm³/mol. The topological polar surface area (TPSA) is 62.6 Å². The molecular formula is C19H31N5O2. The molecule has 3 aliphatic rings. The number of morpholine rings is 1. The third kappa shape index (κ3) is 3.40. The smallest absolute Gasteiger partial charge is 0.222 e. The summed E-state index contributed by atoms with van der Waals surface area (Å²) in [5.74, 6) is 0.174. The molecular weight excluding hydrogens is 330 g/mol. The van der Waals surface area contributed by atoms with Crippen molar-refractivity contribution in [2.45, 2.75) is 63.8 Å². The highest BCUT2D eigenvalue weighted by molar-refractivity contribution is 5.77. The van der Waals surface area contributed by atoms with Crippen LogP contribution in [0.3, 0.4) is 0 Å². The summed E-state index contributed by atoms with van der Waals surface area (Å²) < 4.78 is 7.53. The molecule has 144 valence electrons. The first-order chi connectivity index (χ1) is 12.5. The molecule has 0 aromatic carbocycles. The monoisotopic (exact) mass is 361 g/mol. The molecule has 26 heavy (non-hydrogen) atoms. The molecule has 0 spiro atoms.